The van der Waals surface area contributed by atoms with Crippen molar-refractivity contribution in [1.82, 2.24) is 0 Å². The summed E-state index contributed by atoms with van der Waals surface area (Å²) in [4.78, 5) is 0. The Morgan fingerprint density at radius 1 is 0.643 bits per heavy atom. The smallest absolute Gasteiger partial charge is 0.242 e. The molecule has 0 N–H and O–H groups in total. The summed E-state index contributed by atoms with van der Waals surface area (Å²) in [7, 11) is 0. The Labute approximate surface area is 166 Å². The highest BCUT2D eigenvalue weighted by Crippen LogP contribution is 2.20. The van der Waals surface area contributed by atoms with E-state index in [0.29, 0.717) is 5.69 Å². The fourth-order valence-electron chi connectivity index (χ4n) is 3.52. The topological polar surface area (TPSA) is 26.9 Å². The van der Waals surface area contributed by atoms with Crippen molar-refractivity contribution >= 4 is 29.2 Å². The van der Waals surface area contributed by atoms with Gasteiger partial charge in [-0.25, -0.2) is 0 Å². The Kier molecular flexibility index (Phi) is 5.35. The van der Waals surface area contributed by atoms with Gasteiger partial charge in [0.05, 0.1) is 0 Å². The van der Waals surface area contributed by atoms with E-state index in [-0.39, 0.29) is 6.71 Å². The van der Waals surface area contributed by atoms with Crippen molar-refractivity contribution in [3.05, 3.63) is 132 Å². The maximum Gasteiger partial charge on any atom is 0.242 e. The average Bonchev–Trinajstić information content (AvgIpc) is 2.77. The van der Waals surface area contributed by atoms with Crippen LogP contribution in [-0.4, -0.2) is 6.71 Å². The fraction of sp³-hybridized carbons (Fsp3) is 0. The third kappa shape index (κ3) is 3.89. The van der Waals surface area contributed by atoms with Gasteiger partial charge in [0.25, 0.3) is 0 Å². The van der Waals surface area contributed by atoms with Crippen LogP contribution < -0.4 is 15.7 Å². The Balaban J connectivity index is 1.96. The first kappa shape index (κ1) is 17.8. The maximum atomic E-state index is 12.4. The Bertz CT molecular complexity index is 1020. The number of benzene rings is 3. The average molecular weight is 361 g/mol. The zero-order valence-corrected chi connectivity index (χ0v) is 15.5. The van der Waals surface area contributed by atoms with Gasteiger partial charge in [-0.1, -0.05) is 107 Å². The van der Waals surface area contributed by atoms with Crippen LogP contribution in [0.1, 0.15) is 11.3 Å². The molecule has 4 aromatic rings. The SMILES string of the molecule is [O-][n+]1ccccc1/C=C(\B(c1ccccc1)c1ccccc1)c1ccccc1. The molecule has 3 aromatic carbocycles. The van der Waals surface area contributed by atoms with Gasteiger partial charge in [-0.3, -0.25) is 0 Å². The van der Waals surface area contributed by atoms with Crippen LogP contribution in [0.3, 0.4) is 0 Å². The minimum absolute atomic E-state index is 0.0185. The van der Waals surface area contributed by atoms with Crippen LogP contribution >= 0.6 is 0 Å². The van der Waals surface area contributed by atoms with E-state index in [0.717, 1.165) is 15.8 Å². The van der Waals surface area contributed by atoms with E-state index in [2.05, 4.69) is 60.7 Å². The van der Waals surface area contributed by atoms with Gasteiger partial charge < -0.3 is 5.21 Å². The summed E-state index contributed by atoms with van der Waals surface area (Å²) < 4.78 is 0.913. The second-order valence-corrected chi connectivity index (χ2v) is 6.67. The normalized spacial score (nSPS) is 11.2. The number of hydrogen-bond acceptors (Lipinski definition) is 1. The van der Waals surface area contributed by atoms with Crippen LogP contribution in [0.4, 0.5) is 0 Å². The standard InChI is InChI=1S/C25H20BNO/c28-27-19-11-10-18-24(27)20-25(21-12-4-1-5-13-21)26(22-14-6-2-7-15-22)23-16-8-3-9-17-23/h1-20H/b25-20-. The Morgan fingerprint density at radius 2 is 1.14 bits per heavy atom. The monoisotopic (exact) mass is 361 g/mol. The number of pyridine rings is 1. The van der Waals surface area contributed by atoms with Gasteiger partial charge >= 0.3 is 0 Å². The predicted molar refractivity (Wildman–Crippen MR) is 118 cm³/mol. The molecule has 0 fully saturated rings. The lowest BCUT2D eigenvalue weighted by molar-refractivity contribution is -0.607. The molecular formula is C25H20BNO. The number of aromatic nitrogens is 1. The Morgan fingerprint density at radius 3 is 1.68 bits per heavy atom. The molecule has 0 atom stereocenters. The van der Waals surface area contributed by atoms with Crippen molar-refractivity contribution in [3.8, 4) is 0 Å². The molecule has 0 unspecified atom stereocenters. The molecular weight excluding hydrogens is 341 g/mol. The first-order valence-electron chi connectivity index (χ1n) is 9.38. The zero-order valence-electron chi connectivity index (χ0n) is 15.5. The van der Waals surface area contributed by atoms with Gasteiger partial charge in [-0.15, -0.1) is 0 Å². The van der Waals surface area contributed by atoms with E-state index < -0.39 is 0 Å². The van der Waals surface area contributed by atoms with E-state index in [4.69, 9.17) is 0 Å². The molecule has 28 heavy (non-hydrogen) atoms. The molecule has 3 heteroatoms. The van der Waals surface area contributed by atoms with Gasteiger partial charge in [0.1, 0.15) is 0 Å². The minimum Gasteiger partial charge on any atom is -0.618 e. The lowest BCUT2D eigenvalue weighted by Crippen LogP contribution is -2.43. The molecule has 0 amide bonds. The fourth-order valence-corrected chi connectivity index (χ4v) is 3.52. The van der Waals surface area contributed by atoms with Crippen molar-refractivity contribution < 1.29 is 4.73 Å². The lowest BCUT2D eigenvalue weighted by atomic mass is 9.35. The largest absolute Gasteiger partial charge is 0.618 e. The summed E-state index contributed by atoms with van der Waals surface area (Å²) in [6.45, 7) is 0.0185. The van der Waals surface area contributed by atoms with Gasteiger partial charge in [-0.2, -0.15) is 4.73 Å². The molecule has 0 spiro atoms. The van der Waals surface area contributed by atoms with Crippen LogP contribution in [0, 0.1) is 5.21 Å². The van der Waals surface area contributed by atoms with Crippen molar-refractivity contribution in [2.45, 2.75) is 0 Å². The molecule has 0 aliphatic heterocycles. The molecule has 0 aliphatic rings. The van der Waals surface area contributed by atoms with Gasteiger partial charge in [-0.05, 0) is 11.6 Å². The second-order valence-electron chi connectivity index (χ2n) is 6.67. The lowest BCUT2D eigenvalue weighted by Gasteiger charge is -2.19. The van der Waals surface area contributed by atoms with Crippen LogP contribution in [0.15, 0.2) is 115 Å². The zero-order chi connectivity index (χ0) is 19.2. The summed E-state index contributed by atoms with van der Waals surface area (Å²) in [6, 6.07) is 36.6. The molecule has 134 valence electrons. The van der Waals surface area contributed by atoms with Crippen LogP contribution in [0.2, 0.25) is 0 Å². The van der Waals surface area contributed by atoms with Gasteiger partial charge in [0, 0.05) is 18.2 Å². The molecule has 0 aliphatic carbocycles. The van der Waals surface area contributed by atoms with E-state index in [1.165, 1.54) is 17.1 Å². The quantitative estimate of drug-likeness (QED) is 0.302. The molecule has 1 aromatic heterocycles. The molecule has 0 saturated carbocycles. The molecule has 0 bridgehead atoms. The molecule has 0 radical (unpaired) electrons. The minimum atomic E-state index is 0.0185. The van der Waals surface area contributed by atoms with Crippen molar-refractivity contribution in [2.24, 2.45) is 0 Å². The summed E-state index contributed by atoms with van der Waals surface area (Å²) in [6.07, 6.45) is 3.54. The molecule has 2 nitrogen and oxygen atoms in total. The first-order chi connectivity index (χ1) is 13.8. The first-order valence-corrected chi connectivity index (χ1v) is 9.38. The van der Waals surface area contributed by atoms with E-state index in [9.17, 15) is 5.21 Å². The third-order valence-corrected chi connectivity index (χ3v) is 4.84. The molecule has 1 heterocycles. The highest BCUT2D eigenvalue weighted by molar-refractivity contribution is 7.00. The summed E-state index contributed by atoms with van der Waals surface area (Å²) in [5.74, 6) is 0. The van der Waals surface area contributed by atoms with Crippen LogP contribution in [0.25, 0.3) is 11.5 Å². The second kappa shape index (κ2) is 8.40. The maximum absolute atomic E-state index is 12.4. The summed E-state index contributed by atoms with van der Waals surface area (Å²) in [5, 5.41) is 12.4. The number of nitrogens with zero attached hydrogens (tertiary/aromatic N) is 1. The van der Waals surface area contributed by atoms with E-state index in [1.54, 1.807) is 6.07 Å². The highest BCUT2D eigenvalue weighted by Gasteiger charge is 2.25. The summed E-state index contributed by atoms with van der Waals surface area (Å²) in [5.41, 5.74) is 5.20. The summed E-state index contributed by atoms with van der Waals surface area (Å²) >= 11 is 0. The van der Waals surface area contributed by atoms with E-state index in [1.807, 2.05) is 48.5 Å². The molecule has 4 rings (SSSR count). The number of rotatable bonds is 5. The van der Waals surface area contributed by atoms with Gasteiger partial charge in [0.2, 0.25) is 12.4 Å². The predicted octanol–water partition coefficient (Wildman–Crippen LogP) is 3.71. The van der Waals surface area contributed by atoms with Gasteiger partial charge in [0.15, 0.2) is 6.20 Å². The van der Waals surface area contributed by atoms with Crippen molar-refractivity contribution in [2.75, 3.05) is 0 Å². The van der Waals surface area contributed by atoms with E-state index >= 15 is 0 Å². The highest BCUT2D eigenvalue weighted by atomic mass is 16.5. The molecule has 0 saturated heterocycles. The van der Waals surface area contributed by atoms with Crippen molar-refractivity contribution in [3.63, 3.8) is 0 Å². The van der Waals surface area contributed by atoms with Crippen LogP contribution in [0.5, 0.6) is 0 Å². The Hall–Kier alpha value is -3.59. The third-order valence-electron chi connectivity index (χ3n) is 4.84. The number of hydrogen-bond donors (Lipinski definition) is 0. The van der Waals surface area contributed by atoms with Crippen molar-refractivity contribution in [1.29, 1.82) is 0 Å². The van der Waals surface area contributed by atoms with Crippen LogP contribution in [-0.2, 0) is 0 Å².